The zero-order chi connectivity index (χ0) is 13.5. The molecule has 3 rings (SSSR count). The summed E-state index contributed by atoms with van der Waals surface area (Å²) in [6, 6.07) is 1.27. The second kappa shape index (κ2) is 5.19. The Morgan fingerprint density at radius 3 is 2.79 bits per heavy atom. The summed E-state index contributed by atoms with van der Waals surface area (Å²) in [5, 5.41) is 1.41. The van der Waals surface area contributed by atoms with Gasteiger partial charge in [-0.05, 0) is 25.8 Å². The molecule has 0 aromatic carbocycles. The van der Waals surface area contributed by atoms with Crippen molar-refractivity contribution >= 4 is 9.84 Å². The number of piperidine rings is 1. The Balaban J connectivity index is 1.74. The molecule has 0 N–H and O–H groups in total. The summed E-state index contributed by atoms with van der Waals surface area (Å²) in [6.07, 6.45) is 6.93. The number of rotatable bonds is 2. The Hall–Kier alpha value is -0.390. The summed E-state index contributed by atoms with van der Waals surface area (Å²) in [5.41, 5.74) is 0. The molecule has 3 aliphatic heterocycles. The van der Waals surface area contributed by atoms with E-state index in [-0.39, 0.29) is 11.8 Å². The lowest BCUT2D eigenvalue weighted by Crippen LogP contribution is -2.61. The van der Waals surface area contributed by atoms with Crippen LogP contribution in [0.3, 0.4) is 0 Å². The predicted molar refractivity (Wildman–Crippen MR) is 76.7 cm³/mol. The van der Waals surface area contributed by atoms with Gasteiger partial charge in [0, 0.05) is 36.6 Å². The van der Waals surface area contributed by atoms with Gasteiger partial charge < -0.3 is 0 Å². The smallest absolute Gasteiger partial charge is 0.173 e. The minimum atomic E-state index is -2.94. The molecule has 3 unspecified atom stereocenters. The van der Waals surface area contributed by atoms with Crippen LogP contribution in [0.1, 0.15) is 32.6 Å². The normalized spacial score (nSPS) is 39.3. The first-order valence-electron chi connectivity index (χ1n) is 7.50. The summed E-state index contributed by atoms with van der Waals surface area (Å²) in [6.45, 7) is 5.61. The lowest BCUT2D eigenvalue weighted by Gasteiger charge is -2.50. The van der Waals surface area contributed by atoms with Crippen LogP contribution in [-0.2, 0) is 9.84 Å². The van der Waals surface area contributed by atoms with Crippen molar-refractivity contribution in [3.63, 3.8) is 0 Å². The fraction of sp³-hybridized carbons (Fsp3) is 0.857. The summed E-state index contributed by atoms with van der Waals surface area (Å²) in [7, 11) is -2.94. The minimum Gasteiger partial charge on any atom is -0.298 e. The summed E-state index contributed by atoms with van der Waals surface area (Å²) in [4.78, 5) is 5.08. The van der Waals surface area contributed by atoms with Gasteiger partial charge in [-0.15, -0.1) is 0 Å². The minimum absolute atomic E-state index is 0.110. The second-order valence-electron chi connectivity index (χ2n) is 6.13. The molecule has 108 valence electrons. The maximum absolute atomic E-state index is 11.6. The largest absolute Gasteiger partial charge is 0.298 e. The summed E-state index contributed by atoms with van der Waals surface area (Å²) in [5.74, 6) is 0.288. The van der Waals surface area contributed by atoms with Crippen molar-refractivity contribution in [2.45, 2.75) is 50.7 Å². The molecule has 0 spiro atoms. The molecule has 0 aromatic heterocycles. The molecule has 4 nitrogen and oxygen atoms in total. The van der Waals surface area contributed by atoms with E-state index in [0.717, 1.165) is 19.5 Å². The standard InChI is InChI=1S/C14H24N2O2S/c1-2-12-9-15-7-4-3-5-13(15)10-16(12)14-6-8-19(17,18)11-14/h6,8,12-14H,2-5,7,9-11H2,1H3. The molecule has 0 saturated carbocycles. The van der Waals surface area contributed by atoms with E-state index in [1.807, 2.05) is 6.08 Å². The maximum atomic E-state index is 11.6. The fourth-order valence-corrected chi connectivity index (χ4v) is 5.12. The molecule has 0 amide bonds. The number of nitrogens with zero attached hydrogens (tertiary/aromatic N) is 2. The molecular weight excluding hydrogens is 260 g/mol. The van der Waals surface area contributed by atoms with Gasteiger partial charge in [0.05, 0.1) is 5.75 Å². The van der Waals surface area contributed by atoms with E-state index < -0.39 is 9.84 Å². The van der Waals surface area contributed by atoms with E-state index in [4.69, 9.17) is 0 Å². The van der Waals surface area contributed by atoms with Crippen LogP contribution in [0, 0.1) is 0 Å². The van der Waals surface area contributed by atoms with Crippen molar-refractivity contribution in [3.05, 3.63) is 11.5 Å². The Bertz CT molecular complexity index is 460. The van der Waals surface area contributed by atoms with Gasteiger partial charge in [-0.1, -0.05) is 19.4 Å². The van der Waals surface area contributed by atoms with Crippen molar-refractivity contribution < 1.29 is 8.42 Å². The average molecular weight is 284 g/mol. The molecule has 0 bridgehead atoms. The van der Waals surface area contributed by atoms with Crippen molar-refractivity contribution in [2.75, 3.05) is 25.4 Å². The molecule has 2 saturated heterocycles. The van der Waals surface area contributed by atoms with Gasteiger partial charge in [0.2, 0.25) is 0 Å². The molecule has 5 heteroatoms. The molecular formula is C14H24N2O2S. The average Bonchev–Trinajstić information content (AvgIpc) is 2.77. The Morgan fingerprint density at radius 1 is 1.26 bits per heavy atom. The predicted octanol–water partition coefficient (Wildman–Crippen LogP) is 1.25. The highest BCUT2D eigenvalue weighted by Gasteiger charge is 2.39. The van der Waals surface area contributed by atoms with E-state index in [1.54, 1.807) is 0 Å². The molecule has 2 fully saturated rings. The third-order valence-corrected chi connectivity index (χ3v) is 6.27. The van der Waals surface area contributed by atoms with Gasteiger partial charge >= 0.3 is 0 Å². The van der Waals surface area contributed by atoms with Crippen LogP contribution in [-0.4, -0.2) is 61.7 Å². The first-order chi connectivity index (χ1) is 9.09. The topological polar surface area (TPSA) is 40.6 Å². The SMILES string of the molecule is CCC1CN2CCCCC2CN1C1C=CS(=O)(=O)C1. The lowest BCUT2D eigenvalue weighted by atomic mass is 9.94. The van der Waals surface area contributed by atoms with Crippen LogP contribution in [0.15, 0.2) is 11.5 Å². The molecule has 3 aliphatic rings. The van der Waals surface area contributed by atoms with Crippen molar-refractivity contribution in [2.24, 2.45) is 0 Å². The van der Waals surface area contributed by atoms with Crippen LogP contribution in [0.5, 0.6) is 0 Å². The summed E-state index contributed by atoms with van der Waals surface area (Å²) < 4.78 is 23.3. The third kappa shape index (κ3) is 2.73. The highest BCUT2D eigenvalue weighted by molar-refractivity contribution is 7.94. The maximum Gasteiger partial charge on any atom is 0.173 e. The molecule has 0 radical (unpaired) electrons. The van der Waals surface area contributed by atoms with Gasteiger partial charge in [0.1, 0.15) is 0 Å². The number of hydrogen-bond acceptors (Lipinski definition) is 4. The first kappa shape index (κ1) is 13.6. The monoisotopic (exact) mass is 284 g/mol. The van der Waals surface area contributed by atoms with E-state index >= 15 is 0 Å². The van der Waals surface area contributed by atoms with Crippen LogP contribution < -0.4 is 0 Å². The van der Waals surface area contributed by atoms with E-state index in [1.165, 1.54) is 31.2 Å². The van der Waals surface area contributed by atoms with Gasteiger partial charge in [-0.2, -0.15) is 0 Å². The molecule has 3 atom stereocenters. The first-order valence-corrected chi connectivity index (χ1v) is 9.21. The van der Waals surface area contributed by atoms with Crippen LogP contribution >= 0.6 is 0 Å². The number of hydrogen-bond donors (Lipinski definition) is 0. The highest BCUT2D eigenvalue weighted by atomic mass is 32.2. The van der Waals surface area contributed by atoms with Gasteiger partial charge in [0.15, 0.2) is 9.84 Å². The molecule has 0 aliphatic carbocycles. The Morgan fingerprint density at radius 2 is 2.11 bits per heavy atom. The van der Waals surface area contributed by atoms with Gasteiger partial charge in [-0.25, -0.2) is 8.42 Å². The Labute approximate surface area is 116 Å². The van der Waals surface area contributed by atoms with Crippen LogP contribution in [0.4, 0.5) is 0 Å². The number of piperazine rings is 1. The number of fused-ring (bicyclic) bond motifs is 1. The zero-order valence-electron chi connectivity index (χ0n) is 11.7. The highest BCUT2D eigenvalue weighted by Crippen LogP contribution is 2.28. The van der Waals surface area contributed by atoms with E-state index in [9.17, 15) is 8.42 Å². The molecule has 19 heavy (non-hydrogen) atoms. The zero-order valence-corrected chi connectivity index (χ0v) is 12.5. The van der Waals surface area contributed by atoms with E-state index in [0.29, 0.717) is 12.1 Å². The van der Waals surface area contributed by atoms with Gasteiger partial charge in [-0.3, -0.25) is 9.80 Å². The molecule has 3 heterocycles. The Kier molecular flexibility index (Phi) is 3.71. The molecule has 0 aromatic rings. The number of sulfone groups is 1. The van der Waals surface area contributed by atoms with Crippen molar-refractivity contribution in [1.29, 1.82) is 0 Å². The third-order valence-electron chi connectivity index (χ3n) is 4.89. The van der Waals surface area contributed by atoms with Gasteiger partial charge in [0.25, 0.3) is 0 Å². The van der Waals surface area contributed by atoms with Crippen LogP contribution in [0.25, 0.3) is 0 Å². The quantitative estimate of drug-likeness (QED) is 0.765. The fourth-order valence-electron chi connectivity index (χ4n) is 3.81. The summed E-state index contributed by atoms with van der Waals surface area (Å²) >= 11 is 0. The van der Waals surface area contributed by atoms with E-state index in [2.05, 4.69) is 16.7 Å². The van der Waals surface area contributed by atoms with Crippen LogP contribution in [0.2, 0.25) is 0 Å². The lowest BCUT2D eigenvalue weighted by molar-refractivity contribution is -0.00166. The van der Waals surface area contributed by atoms with Crippen molar-refractivity contribution in [1.82, 2.24) is 9.80 Å². The van der Waals surface area contributed by atoms with Crippen molar-refractivity contribution in [3.8, 4) is 0 Å². The second-order valence-corrected chi connectivity index (χ2v) is 8.06.